The van der Waals surface area contributed by atoms with E-state index in [1.807, 2.05) is 0 Å². The van der Waals surface area contributed by atoms with E-state index in [9.17, 15) is 0 Å². The van der Waals surface area contributed by atoms with Gasteiger partial charge in [-0.2, -0.15) is 0 Å². The topological polar surface area (TPSA) is 27.7 Å². The monoisotopic (exact) mass is 288 g/mol. The van der Waals surface area contributed by atoms with Crippen LogP contribution in [0.2, 0.25) is 0 Å². The second-order valence-electron chi connectivity index (χ2n) is 8.10. The van der Waals surface area contributed by atoms with E-state index in [1.165, 1.54) is 25.7 Å². The van der Waals surface area contributed by atoms with Crippen LogP contribution in [0.25, 0.3) is 0 Å². The Morgan fingerprint density at radius 3 is 2.38 bits per heavy atom. The van der Waals surface area contributed by atoms with Crippen LogP contribution in [-0.4, -0.2) is 36.6 Å². The van der Waals surface area contributed by atoms with Crippen molar-refractivity contribution in [2.75, 3.05) is 0 Å². The molecule has 0 aromatic heterocycles. The van der Waals surface area contributed by atoms with Gasteiger partial charge >= 0.3 is 0 Å². The Balaban J connectivity index is 1.32. The quantitative estimate of drug-likeness (QED) is 0.747. The fraction of sp³-hybridized carbons (Fsp3) is 0.889. The van der Waals surface area contributed by atoms with Gasteiger partial charge in [0.05, 0.1) is 36.6 Å². The smallest absolute Gasteiger partial charge is 0.0822 e. The molecule has 3 heteroatoms. The van der Waals surface area contributed by atoms with Gasteiger partial charge in [-0.25, -0.2) is 0 Å². The van der Waals surface area contributed by atoms with Gasteiger partial charge in [-0.05, 0) is 18.8 Å². The number of rotatable bonds is 3. The molecule has 6 aliphatic heterocycles. The van der Waals surface area contributed by atoms with E-state index in [-0.39, 0.29) is 0 Å². The first kappa shape index (κ1) is 12.1. The SMILES string of the molecule is CCCCC1CC2OC1C1C3OC(C4C5C=CC(O5)C34)C21. The Morgan fingerprint density at radius 2 is 1.62 bits per heavy atom. The van der Waals surface area contributed by atoms with Crippen LogP contribution in [0, 0.1) is 29.6 Å². The number of unbranched alkanes of at least 4 members (excludes halogenated alkanes) is 1. The summed E-state index contributed by atoms with van der Waals surface area (Å²) in [5, 5.41) is 0. The van der Waals surface area contributed by atoms with Gasteiger partial charge in [0.2, 0.25) is 0 Å². The third-order valence-electron chi connectivity index (χ3n) is 7.35. The number of ether oxygens (including phenoxy) is 3. The molecule has 114 valence electrons. The lowest BCUT2D eigenvalue weighted by atomic mass is 9.59. The molecule has 6 heterocycles. The molecule has 5 saturated heterocycles. The number of hydrogen-bond donors (Lipinski definition) is 0. The normalized spacial score (nSPS) is 64.5. The van der Waals surface area contributed by atoms with E-state index < -0.39 is 0 Å². The third kappa shape index (κ3) is 1.29. The second-order valence-corrected chi connectivity index (χ2v) is 8.10. The van der Waals surface area contributed by atoms with Gasteiger partial charge in [-0.3, -0.25) is 0 Å². The van der Waals surface area contributed by atoms with Gasteiger partial charge in [0.25, 0.3) is 0 Å². The zero-order valence-electron chi connectivity index (χ0n) is 12.6. The van der Waals surface area contributed by atoms with Crippen molar-refractivity contribution in [3.8, 4) is 0 Å². The van der Waals surface area contributed by atoms with Crippen LogP contribution in [0.15, 0.2) is 12.2 Å². The van der Waals surface area contributed by atoms with Crippen LogP contribution < -0.4 is 0 Å². The minimum Gasteiger partial charge on any atom is -0.374 e. The Labute approximate surface area is 126 Å². The van der Waals surface area contributed by atoms with Gasteiger partial charge in [0.15, 0.2) is 0 Å². The average Bonchev–Trinajstić information content (AvgIpc) is 3.30. The van der Waals surface area contributed by atoms with Gasteiger partial charge in [0, 0.05) is 23.7 Å². The van der Waals surface area contributed by atoms with E-state index in [4.69, 9.17) is 14.2 Å². The summed E-state index contributed by atoms with van der Waals surface area (Å²) in [5.41, 5.74) is 0. The van der Waals surface area contributed by atoms with Gasteiger partial charge in [-0.1, -0.05) is 31.9 Å². The standard InChI is InChI=1S/C18H24O3/c1-2-3-4-8-7-11-14-15(16(8)20-11)18-13-10-6-5-9(19-10)12(13)17(14)21-18/h5-6,8-18H,2-4,7H2,1H3. The van der Waals surface area contributed by atoms with E-state index in [0.717, 1.165) is 5.92 Å². The number of fused-ring (bicyclic) bond motifs is 16. The molecule has 6 aliphatic rings. The summed E-state index contributed by atoms with van der Waals surface area (Å²) in [6.45, 7) is 2.29. The lowest BCUT2D eigenvalue weighted by Gasteiger charge is -2.39. The molecule has 0 aromatic carbocycles. The van der Waals surface area contributed by atoms with Gasteiger partial charge in [0.1, 0.15) is 0 Å². The maximum Gasteiger partial charge on any atom is 0.0822 e. The van der Waals surface area contributed by atoms with E-state index in [0.29, 0.717) is 60.3 Å². The molecule has 11 unspecified atom stereocenters. The van der Waals surface area contributed by atoms with Crippen LogP contribution >= 0.6 is 0 Å². The molecule has 0 N–H and O–H groups in total. The van der Waals surface area contributed by atoms with Crippen molar-refractivity contribution in [2.45, 2.75) is 69.2 Å². The van der Waals surface area contributed by atoms with Crippen LogP contribution in [-0.2, 0) is 14.2 Å². The maximum atomic E-state index is 6.52. The third-order valence-corrected chi connectivity index (χ3v) is 7.35. The summed E-state index contributed by atoms with van der Waals surface area (Å²) in [4.78, 5) is 0. The zero-order valence-corrected chi connectivity index (χ0v) is 12.6. The molecule has 3 nitrogen and oxygen atoms in total. The van der Waals surface area contributed by atoms with Crippen molar-refractivity contribution in [3.63, 3.8) is 0 Å². The first-order valence-corrected chi connectivity index (χ1v) is 9.01. The van der Waals surface area contributed by atoms with Crippen molar-refractivity contribution < 1.29 is 14.2 Å². The lowest BCUT2D eigenvalue weighted by Crippen LogP contribution is -2.49. The highest BCUT2D eigenvalue weighted by Gasteiger charge is 2.73. The van der Waals surface area contributed by atoms with Crippen molar-refractivity contribution >= 4 is 0 Å². The summed E-state index contributed by atoms with van der Waals surface area (Å²) >= 11 is 0. The van der Waals surface area contributed by atoms with E-state index >= 15 is 0 Å². The lowest BCUT2D eigenvalue weighted by molar-refractivity contribution is -0.0339. The summed E-state index contributed by atoms with van der Waals surface area (Å²) in [7, 11) is 0. The first-order chi connectivity index (χ1) is 10.4. The maximum absolute atomic E-state index is 6.52. The summed E-state index contributed by atoms with van der Waals surface area (Å²) in [5.74, 6) is 3.40. The Hall–Kier alpha value is -0.380. The van der Waals surface area contributed by atoms with Crippen molar-refractivity contribution in [1.29, 1.82) is 0 Å². The van der Waals surface area contributed by atoms with Crippen LogP contribution in [0.5, 0.6) is 0 Å². The minimum atomic E-state index is 0.337. The molecule has 6 rings (SSSR count). The molecule has 0 radical (unpaired) electrons. The molecule has 5 fully saturated rings. The van der Waals surface area contributed by atoms with Crippen LogP contribution in [0.4, 0.5) is 0 Å². The highest BCUT2D eigenvalue weighted by Crippen LogP contribution is 2.66. The van der Waals surface area contributed by atoms with Gasteiger partial charge < -0.3 is 14.2 Å². The predicted octanol–water partition coefficient (Wildman–Crippen LogP) is 2.55. The Morgan fingerprint density at radius 1 is 0.857 bits per heavy atom. The minimum absolute atomic E-state index is 0.337. The van der Waals surface area contributed by atoms with E-state index in [1.54, 1.807) is 0 Å². The Bertz CT molecular complexity index is 503. The van der Waals surface area contributed by atoms with Crippen molar-refractivity contribution in [3.05, 3.63) is 12.2 Å². The van der Waals surface area contributed by atoms with Crippen molar-refractivity contribution in [1.82, 2.24) is 0 Å². The Kier molecular flexibility index (Phi) is 2.26. The van der Waals surface area contributed by atoms with Crippen LogP contribution in [0.3, 0.4) is 0 Å². The zero-order chi connectivity index (χ0) is 13.7. The fourth-order valence-corrected chi connectivity index (χ4v) is 6.74. The number of hydrogen-bond acceptors (Lipinski definition) is 3. The highest BCUT2D eigenvalue weighted by atomic mass is 16.6. The largest absolute Gasteiger partial charge is 0.374 e. The summed E-state index contributed by atoms with van der Waals surface area (Å²) in [6.07, 6.45) is 12.4. The molecule has 0 aromatic rings. The predicted molar refractivity (Wildman–Crippen MR) is 76.7 cm³/mol. The highest BCUT2D eigenvalue weighted by molar-refractivity contribution is 5.26. The second kappa shape index (κ2) is 3.93. The molecule has 21 heavy (non-hydrogen) atoms. The molecule has 6 bridgehead atoms. The molecule has 0 saturated carbocycles. The first-order valence-electron chi connectivity index (χ1n) is 9.01. The average molecular weight is 288 g/mol. The molecule has 0 aliphatic carbocycles. The fourth-order valence-electron chi connectivity index (χ4n) is 6.74. The molecule has 11 atom stereocenters. The van der Waals surface area contributed by atoms with E-state index in [2.05, 4.69) is 19.1 Å². The molecule has 0 amide bonds. The van der Waals surface area contributed by atoms with Crippen LogP contribution in [0.1, 0.15) is 32.6 Å². The molecular weight excluding hydrogens is 264 g/mol. The molecule has 0 spiro atoms. The molecular formula is C18H24O3. The van der Waals surface area contributed by atoms with Crippen molar-refractivity contribution in [2.24, 2.45) is 29.6 Å². The summed E-state index contributed by atoms with van der Waals surface area (Å²) in [6, 6.07) is 0. The van der Waals surface area contributed by atoms with Gasteiger partial charge in [-0.15, -0.1) is 0 Å². The summed E-state index contributed by atoms with van der Waals surface area (Å²) < 4.78 is 19.1.